The number of aromatic nitrogens is 1. The minimum atomic E-state index is -0.867. The van der Waals surface area contributed by atoms with Crippen molar-refractivity contribution in [3.05, 3.63) is 23.0 Å². The van der Waals surface area contributed by atoms with E-state index < -0.39 is 5.97 Å². The Morgan fingerprint density at radius 2 is 2.11 bits per heavy atom. The van der Waals surface area contributed by atoms with Gasteiger partial charge in [-0.1, -0.05) is 12.8 Å². The van der Waals surface area contributed by atoms with Gasteiger partial charge in [-0.05, 0) is 38.7 Å². The molecular weight excluding hydrogens is 246 g/mol. The predicted octanol–water partition coefficient (Wildman–Crippen LogP) is 3.68. The fourth-order valence-electron chi connectivity index (χ4n) is 2.55. The first-order valence-electron chi connectivity index (χ1n) is 6.42. The Morgan fingerprint density at radius 1 is 1.44 bits per heavy atom. The number of hydrogen-bond donors (Lipinski definition) is 1. The van der Waals surface area contributed by atoms with Gasteiger partial charge in [-0.3, -0.25) is 4.98 Å². The Labute approximate surface area is 112 Å². The molecule has 0 atom stereocenters. The normalized spacial score (nSPS) is 16.1. The standard InChI is InChI=1S/C14H19NO2S/c1-9-7-12(13(14(16)17)10(2)15-9)18-8-11-5-3-4-6-11/h7,11H,3-6,8H2,1-2H3,(H,16,17). The summed E-state index contributed by atoms with van der Waals surface area (Å²) in [5.74, 6) is 0.919. The highest BCUT2D eigenvalue weighted by Crippen LogP contribution is 2.33. The Bertz CT molecular complexity index is 453. The van der Waals surface area contributed by atoms with Crippen LogP contribution in [0.4, 0.5) is 0 Å². The molecule has 0 aromatic carbocycles. The number of hydrogen-bond acceptors (Lipinski definition) is 3. The number of rotatable bonds is 4. The van der Waals surface area contributed by atoms with Crippen molar-refractivity contribution in [1.29, 1.82) is 0 Å². The summed E-state index contributed by atoms with van der Waals surface area (Å²) < 4.78 is 0. The summed E-state index contributed by atoms with van der Waals surface area (Å²) in [6, 6.07) is 1.90. The van der Waals surface area contributed by atoms with Crippen molar-refractivity contribution in [3.8, 4) is 0 Å². The van der Waals surface area contributed by atoms with Crippen LogP contribution in [-0.2, 0) is 0 Å². The summed E-state index contributed by atoms with van der Waals surface area (Å²) in [7, 11) is 0. The first-order chi connectivity index (χ1) is 8.58. The van der Waals surface area contributed by atoms with Crippen LogP contribution >= 0.6 is 11.8 Å². The lowest BCUT2D eigenvalue weighted by Gasteiger charge is -2.12. The zero-order valence-corrected chi connectivity index (χ0v) is 11.7. The number of aryl methyl sites for hydroxylation is 2. The van der Waals surface area contributed by atoms with Crippen molar-refractivity contribution in [2.45, 2.75) is 44.4 Å². The Morgan fingerprint density at radius 3 is 2.72 bits per heavy atom. The Kier molecular flexibility index (Phi) is 4.27. The van der Waals surface area contributed by atoms with E-state index in [0.29, 0.717) is 11.3 Å². The van der Waals surface area contributed by atoms with Gasteiger partial charge in [0, 0.05) is 16.3 Å². The van der Waals surface area contributed by atoms with Crippen molar-refractivity contribution in [3.63, 3.8) is 0 Å². The Hall–Kier alpha value is -1.03. The number of pyridine rings is 1. The fraction of sp³-hybridized carbons (Fsp3) is 0.571. The first-order valence-corrected chi connectivity index (χ1v) is 7.41. The molecule has 3 nitrogen and oxygen atoms in total. The van der Waals surface area contributed by atoms with Gasteiger partial charge < -0.3 is 5.11 Å². The van der Waals surface area contributed by atoms with Crippen LogP contribution < -0.4 is 0 Å². The van der Waals surface area contributed by atoms with Gasteiger partial charge in [0.25, 0.3) is 0 Å². The minimum absolute atomic E-state index is 0.378. The molecule has 0 unspecified atom stereocenters. The predicted molar refractivity (Wildman–Crippen MR) is 73.4 cm³/mol. The monoisotopic (exact) mass is 265 g/mol. The molecule has 4 heteroatoms. The molecule has 0 saturated heterocycles. The number of thioether (sulfide) groups is 1. The third-order valence-corrected chi connectivity index (χ3v) is 4.73. The van der Waals surface area contributed by atoms with Crippen LogP contribution in [0, 0.1) is 19.8 Å². The van der Waals surface area contributed by atoms with Gasteiger partial charge in [0.2, 0.25) is 0 Å². The molecule has 0 radical (unpaired) electrons. The van der Waals surface area contributed by atoms with Crippen LogP contribution in [0.25, 0.3) is 0 Å². The molecule has 0 spiro atoms. The average molecular weight is 265 g/mol. The fourth-order valence-corrected chi connectivity index (χ4v) is 3.93. The highest BCUT2D eigenvalue weighted by Gasteiger charge is 2.19. The highest BCUT2D eigenvalue weighted by molar-refractivity contribution is 7.99. The van der Waals surface area contributed by atoms with Gasteiger partial charge in [-0.25, -0.2) is 4.79 Å². The molecular formula is C14H19NO2S. The van der Waals surface area contributed by atoms with E-state index in [9.17, 15) is 9.90 Å². The molecule has 1 aromatic rings. The maximum Gasteiger partial charge on any atom is 0.338 e. The second-order valence-corrected chi connectivity index (χ2v) is 6.05. The molecule has 1 N–H and O–H groups in total. The maximum absolute atomic E-state index is 11.3. The molecule has 0 amide bonds. The lowest BCUT2D eigenvalue weighted by Crippen LogP contribution is -2.06. The largest absolute Gasteiger partial charge is 0.478 e. The SMILES string of the molecule is Cc1cc(SCC2CCCC2)c(C(=O)O)c(C)n1. The van der Waals surface area contributed by atoms with Gasteiger partial charge >= 0.3 is 5.97 Å². The summed E-state index contributed by atoms with van der Waals surface area (Å²) in [4.78, 5) is 16.4. The van der Waals surface area contributed by atoms with Crippen molar-refractivity contribution in [2.24, 2.45) is 5.92 Å². The molecule has 1 heterocycles. The van der Waals surface area contributed by atoms with Gasteiger partial charge in [-0.15, -0.1) is 11.8 Å². The van der Waals surface area contributed by atoms with E-state index in [1.54, 1.807) is 18.7 Å². The third-order valence-electron chi connectivity index (χ3n) is 3.46. The number of carbonyl (C=O) groups is 1. The van der Waals surface area contributed by atoms with E-state index in [-0.39, 0.29) is 0 Å². The summed E-state index contributed by atoms with van der Waals surface area (Å²) in [5.41, 5.74) is 1.89. The van der Waals surface area contributed by atoms with Crippen molar-refractivity contribution >= 4 is 17.7 Å². The molecule has 0 aliphatic heterocycles. The third kappa shape index (κ3) is 3.05. The van der Waals surface area contributed by atoms with Gasteiger partial charge in [0.05, 0.1) is 11.3 Å². The van der Waals surface area contributed by atoms with Crippen LogP contribution in [0.1, 0.15) is 47.4 Å². The molecule has 1 saturated carbocycles. The van der Waals surface area contributed by atoms with Crippen LogP contribution in [0.5, 0.6) is 0 Å². The van der Waals surface area contributed by atoms with E-state index in [2.05, 4.69) is 4.98 Å². The number of nitrogens with zero attached hydrogens (tertiary/aromatic N) is 1. The van der Waals surface area contributed by atoms with E-state index in [1.807, 2.05) is 13.0 Å². The summed E-state index contributed by atoms with van der Waals surface area (Å²) in [6.07, 6.45) is 5.23. The van der Waals surface area contributed by atoms with Gasteiger partial charge in [-0.2, -0.15) is 0 Å². The molecule has 0 bridgehead atoms. The van der Waals surface area contributed by atoms with Crippen molar-refractivity contribution in [1.82, 2.24) is 4.98 Å². The first kappa shape index (κ1) is 13.4. The van der Waals surface area contributed by atoms with E-state index in [4.69, 9.17) is 0 Å². The summed E-state index contributed by atoms with van der Waals surface area (Å²) >= 11 is 1.68. The van der Waals surface area contributed by atoms with Crippen LogP contribution in [0.3, 0.4) is 0 Å². The minimum Gasteiger partial charge on any atom is -0.478 e. The Balaban J connectivity index is 2.16. The molecule has 98 valence electrons. The van der Waals surface area contributed by atoms with E-state index in [1.165, 1.54) is 25.7 Å². The molecule has 18 heavy (non-hydrogen) atoms. The molecule has 2 rings (SSSR count). The van der Waals surface area contributed by atoms with Crippen molar-refractivity contribution < 1.29 is 9.90 Å². The summed E-state index contributed by atoms with van der Waals surface area (Å²) in [5, 5.41) is 9.28. The molecule has 1 aromatic heterocycles. The van der Waals surface area contributed by atoms with E-state index in [0.717, 1.165) is 22.3 Å². The van der Waals surface area contributed by atoms with Crippen LogP contribution in [-0.4, -0.2) is 21.8 Å². The smallest absolute Gasteiger partial charge is 0.338 e. The number of aromatic carboxylic acids is 1. The van der Waals surface area contributed by atoms with Crippen LogP contribution in [0.15, 0.2) is 11.0 Å². The molecule has 1 fully saturated rings. The van der Waals surface area contributed by atoms with E-state index >= 15 is 0 Å². The summed E-state index contributed by atoms with van der Waals surface area (Å²) in [6.45, 7) is 3.69. The van der Waals surface area contributed by atoms with Crippen LogP contribution in [0.2, 0.25) is 0 Å². The number of carboxylic acid groups (broad SMARTS) is 1. The lowest BCUT2D eigenvalue weighted by atomic mass is 10.1. The molecule has 1 aliphatic carbocycles. The van der Waals surface area contributed by atoms with Gasteiger partial charge in [0.15, 0.2) is 0 Å². The zero-order valence-electron chi connectivity index (χ0n) is 10.9. The second kappa shape index (κ2) is 5.74. The molecule has 1 aliphatic rings. The quantitative estimate of drug-likeness (QED) is 0.844. The van der Waals surface area contributed by atoms with Gasteiger partial charge in [0.1, 0.15) is 0 Å². The van der Waals surface area contributed by atoms with Crippen molar-refractivity contribution in [2.75, 3.05) is 5.75 Å². The average Bonchev–Trinajstić information content (AvgIpc) is 2.77. The number of carboxylic acids is 1. The zero-order chi connectivity index (χ0) is 13.1. The maximum atomic E-state index is 11.3. The lowest BCUT2D eigenvalue weighted by molar-refractivity contribution is 0.0691. The topological polar surface area (TPSA) is 50.2 Å². The second-order valence-electron chi connectivity index (χ2n) is 4.99. The highest BCUT2D eigenvalue weighted by atomic mass is 32.2.